The standard InChI is InChI=1S/C28H26N6O2/c35-28(36-24-15-31-34(19-24)18-20-6-2-1-3-7-20)32-26-16-30-27-25(26)13-23(14-29-27)22-9-4-8-21(12-22)17-33-10-5-11-33/h1-4,6-9,12-16,19H,5,10-11,17-18H2,(H,29,30)(H,32,35). The number of benzene rings is 2. The number of pyridine rings is 1. The van der Waals surface area contributed by atoms with Gasteiger partial charge in [-0.05, 0) is 48.3 Å². The molecule has 0 saturated carbocycles. The van der Waals surface area contributed by atoms with Crippen molar-refractivity contribution in [3.05, 3.63) is 96.6 Å². The number of rotatable bonds is 7. The van der Waals surface area contributed by atoms with Crippen LogP contribution in [-0.4, -0.2) is 43.8 Å². The minimum atomic E-state index is -0.586. The number of anilines is 1. The number of amides is 1. The van der Waals surface area contributed by atoms with Crippen LogP contribution in [0.25, 0.3) is 22.2 Å². The van der Waals surface area contributed by atoms with E-state index in [9.17, 15) is 4.79 Å². The molecule has 8 heteroatoms. The second kappa shape index (κ2) is 9.67. The third kappa shape index (κ3) is 4.85. The van der Waals surface area contributed by atoms with Gasteiger partial charge in [-0.3, -0.25) is 14.9 Å². The summed E-state index contributed by atoms with van der Waals surface area (Å²) in [5.41, 5.74) is 5.80. The summed E-state index contributed by atoms with van der Waals surface area (Å²) in [6, 6.07) is 20.6. The molecule has 1 fully saturated rings. The Hall–Kier alpha value is -4.43. The summed E-state index contributed by atoms with van der Waals surface area (Å²) in [5.74, 6) is 0.376. The van der Waals surface area contributed by atoms with Gasteiger partial charge in [0.25, 0.3) is 0 Å². The van der Waals surface area contributed by atoms with Gasteiger partial charge in [0.05, 0.1) is 24.6 Å². The monoisotopic (exact) mass is 478 g/mol. The van der Waals surface area contributed by atoms with E-state index in [0.717, 1.165) is 28.6 Å². The maximum atomic E-state index is 12.6. The maximum Gasteiger partial charge on any atom is 0.417 e. The topological polar surface area (TPSA) is 88.1 Å². The third-order valence-corrected chi connectivity index (χ3v) is 6.39. The van der Waals surface area contributed by atoms with Crippen molar-refractivity contribution in [2.24, 2.45) is 0 Å². The van der Waals surface area contributed by atoms with Crippen molar-refractivity contribution >= 4 is 22.8 Å². The average Bonchev–Trinajstić information content (AvgIpc) is 3.48. The quantitative estimate of drug-likeness (QED) is 0.332. The fourth-order valence-corrected chi connectivity index (χ4v) is 4.41. The number of hydrogen-bond acceptors (Lipinski definition) is 5. The zero-order valence-electron chi connectivity index (χ0n) is 19.7. The molecule has 2 aromatic carbocycles. The van der Waals surface area contributed by atoms with Gasteiger partial charge in [0, 0.05) is 29.9 Å². The molecular weight excluding hydrogens is 452 g/mol. The molecule has 0 atom stereocenters. The number of likely N-dealkylation sites (tertiary alicyclic amines) is 1. The molecule has 1 amide bonds. The van der Waals surface area contributed by atoms with Gasteiger partial charge < -0.3 is 9.72 Å². The highest BCUT2D eigenvalue weighted by atomic mass is 16.6. The van der Waals surface area contributed by atoms with Crippen LogP contribution in [0.3, 0.4) is 0 Å². The Balaban J connectivity index is 1.15. The minimum Gasteiger partial charge on any atom is -0.407 e. The summed E-state index contributed by atoms with van der Waals surface area (Å²) < 4.78 is 7.20. The number of ether oxygens (including phenoxy) is 1. The lowest BCUT2D eigenvalue weighted by Crippen LogP contribution is -2.36. The van der Waals surface area contributed by atoms with Crippen LogP contribution in [0.15, 0.2) is 85.5 Å². The first-order chi connectivity index (χ1) is 17.7. The molecule has 36 heavy (non-hydrogen) atoms. The second-order valence-electron chi connectivity index (χ2n) is 9.03. The first-order valence-corrected chi connectivity index (χ1v) is 12.0. The molecule has 1 aliphatic rings. The summed E-state index contributed by atoms with van der Waals surface area (Å²) in [7, 11) is 0. The van der Waals surface area contributed by atoms with Crippen molar-refractivity contribution in [3.8, 4) is 16.9 Å². The fraction of sp³-hybridized carbons (Fsp3) is 0.179. The van der Waals surface area contributed by atoms with Crippen LogP contribution in [0.4, 0.5) is 10.5 Å². The second-order valence-corrected chi connectivity index (χ2v) is 9.03. The van der Waals surface area contributed by atoms with Crippen LogP contribution in [0.5, 0.6) is 5.75 Å². The van der Waals surface area contributed by atoms with Crippen molar-refractivity contribution < 1.29 is 9.53 Å². The van der Waals surface area contributed by atoms with Gasteiger partial charge in [0.15, 0.2) is 5.75 Å². The highest BCUT2D eigenvalue weighted by Gasteiger charge is 2.15. The van der Waals surface area contributed by atoms with Crippen LogP contribution in [0.1, 0.15) is 17.5 Å². The van der Waals surface area contributed by atoms with Gasteiger partial charge in [-0.25, -0.2) is 9.78 Å². The predicted octanol–water partition coefficient (Wildman–Crippen LogP) is 5.29. The lowest BCUT2D eigenvalue weighted by atomic mass is 10.0. The smallest absolute Gasteiger partial charge is 0.407 e. The largest absolute Gasteiger partial charge is 0.417 e. The number of aromatic nitrogens is 4. The summed E-state index contributed by atoms with van der Waals surface area (Å²) in [5, 5.41) is 7.93. The first kappa shape index (κ1) is 22.1. The van der Waals surface area contributed by atoms with Crippen LogP contribution >= 0.6 is 0 Å². The molecular formula is C28H26N6O2. The van der Waals surface area contributed by atoms with E-state index >= 15 is 0 Å². The van der Waals surface area contributed by atoms with E-state index in [1.54, 1.807) is 17.1 Å². The van der Waals surface area contributed by atoms with E-state index in [1.165, 1.54) is 31.3 Å². The number of aromatic amines is 1. The SMILES string of the molecule is O=C(Nc1c[nH]c2ncc(-c3cccc(CN4CCC4)c3)cc12)Oc1cnn(Cc2ccccc2)c1. The molecule has 2 N–H and O–H groups in total. The number of nitrogens with zero attached hydrogens (tertiary/aromatic N) is 4. The Labute approximate surface area is 208 Å². The normalized spacial score (nSPS) is 13.4. The van der Waals surface area contributed by atoms with Crippen molar-refractivity contribution in [2.45, 2.75) is 19.5 Å². The van der Waals surface area contributed by atoms with E-state index in [0.29, 0.717) is 23.6 Å². The molecule has 1 saturated heterocycles. The third-order valence-electron chi connectivity index (χ3n) is 6.39. The Morgan fingerprint density at radius 2 is 1.83 bits per heavy atom. The minimum absolute atomic E-state index is 0.376. The Bertz CT molecular complexity index is 1500. The van der Waals surface area contributed by atoms with Crippen molar-refractivity contribution in [1.29, 1.82) is 0 Å². The number of carbonyl (C=O) groups excluding carboxylic acids is 1. The first-order valence-electron chi connectivity index (χ1n) is 12.0. The molecule has 0 bridgehead atoms. The molecule has 0 aliphatic carbocycles. The Morgan fingerprint density at radius 1 is 0.972 bits per heavy atom. The lowest BCUT2D eigenvalue weighted by Gasteiger charge is -2.30. The molecule has 180 valence electrons. The molecule has 0 radical (unpaired) electrons. The van der Waals surface area contributed by atoms with Crippen LogP contribution in [0, 0.1) is 0 Å². The van der Waals surface area contributed by atoms with Crippen LogP contribution in [0.2, 0.25) is 0 Å². The number of fused-ring (bicyclic) bond motifs is 1. The van der Waals surface area contributed by atoms with Crippen LogP contribution in [-0.2, 0) is 13.1 Å². The molecule has 5 aromatic rings. The summed E-state index contributed by atoms with van der Waals surface area (Å²) in [6.07, 6.45) is 7.51. The molecule has 6 rings (SSSR count). The molecule has 0 spiro atoms. The van der Waals surface area contributed by atoms with E-state index in [1.807, 2.05) is 42.6 Å². The highest BCUT2D eigenvalue weighted by molar-refractivity contribution is 6.00. The van der Waals surface area contributed by atoms with Gasteiger partial charge in [-0.2, -0.15) is 5.10 Å². The molecule has 4 heterocycles. The van der Waals surface area contributed by atoms with Gasteiger partial charge in [0.1, 0.15) is 5.65 Å². The number of carbonyl (C=O) groups is 1. The zero-order valence-corrected chi connectivity index (χ0v) is 19.7. The molecule has 3 aromatic heterocycles. The number of hydrogen-bond donors (Lipinski definition) is 2. The molecule has 8 nitrogen and oxygen atoms in total. The molecule has 1 aliphatic heterocycles. The number of H-pyrrole nitrogens is 1. The van der Waals surface area contributed by atoms with E-state index < -0.39 is 6.09 Å². The van der Waals surface area contributed by atoms with Crippen molar-refractivity contribution in [1.82, 2.24) is 24.6 Å². The lowest BCUT2D eigenvalue weighted by molar-refractivity contribution is 0.172. The van der Waals surface area contributed by atoms with E-state index in [-0.39, 0.29) is 0 Å². The summed E-state index contributed by atoms with van der Waals surface area (Å²) in [6.45, 7) is 3.90. The highest BCUT2D eigenvalue weighted by Crippen LogP contribution is 2.28. The van der Waals surface area contributed by atoms with Gasteiger partial charge in [-0.15, -0.1) is 0 Å². The van der Waals surface area contributed by atoms with Gasteiger partial charge >= 0.3 is 6.09 Å². The van der Waals surface area contributed by atoms with Crippen molar-refractivity contribution in [3.63, 3.8) is 0 Å². The van der Waals surface area contributed by atoms with E-state index in [2.05, 4.69) is 49.5 Å². The van der Waals surface area contributed by atoms with Gasteiger partial charge in [0.2, 0.25) is 0 Å². The number of nitrogens with one attached hydrogen (secondary N) is 2. The summed E-state index contributed by atoms with van der Waals surface area (Å²) in [4.78, 5) is 22.7. The molecule has 0 unspecified atom stereocenters. The average molecular weight is 479 g/mol. The summed E-state index contributed by atoms with van der Waals surface area (Å²) >= 11 is 0. The zero-order chi connectivity index (χ0) is 24.3. The Kier molecular flexibility index (Phi) is 5.93. The van der Waals surface area contributed by atoms with E-state index in [4.69, 9.17) is 4.74 Å². The fourth-order valence-electron chi connectivity index (χ4n) is 4.41. The maximum absolute atomic E-state index is 12.6. The van der Waals surface area contributed by atoms with Crippen molar-refractivity contribution in [2.75, 3.05) is 18.4 Å². The Morgan fingerprint density at radius 3 is 2.67 bits per heavy atom. The van der Waals surface area contributed by atoms with Gasteiger partial charge in [-0.1, -0.05) is 48.5 Å². The predicted molar refractivity (Wildman–Crippen MR) is 139 cm³/mol. The van der Waals surface area contributed by atoms with Crippen LogP contribution < -0.4 is 10.1 Å².